The largest absolute Gasteiger partial charge is 0.324 e. The highest BCUT2D eigenvalue weighted by atomic mass is 32.2. The Hall–Kier alpha value is -3.04. The van der Waals surface area contributed by atoms with Gasteiger partial charge in [-0.1, -0.05) is 42.1 Å². The third-order valence-corrected chi connectivity index (χ3v) is 6.13. The van der Waals surface area contributed by atoms with Crippen LogP contribution in [0.15, 0.2) is 59.8 Å². The third kappa shape index (κ3) is 4.06. The summed E-state index contributed by atoms with van der Waals surface area (Å²) in [5.74, 6) is -0.140. The molecule has 0 aliphatic heterocycles. The van der Waals surface area contributed by atoms with Crippen molar-refractivity contribution in [3.63, 3.8) is 0 Å². The zero-order valence-electron chi connectivity index (χ0n) is 16.3. The van der Waals surface area contributed by atoms with Gasteiger partial charge in [-0.2, -0.15) is 5.26 Å². The van der Waals surface area contributed by atoms with Gasteiger partial charge in [-0.15, -0.1) is 0 Å². The Labute approximate surface area is 174 Å². The number of imidazole rings is 1. The topological polar surface area (TPSA) is 70.7 Å². The van der Waals surface area contributed by atoms with E-state index in [1.165, 1.54) is 17.5 Å². The number of hydrogen-bond acceptors (Lipinski definition) is 4. The first-order valence-electron chi connectivity index (χ1n) is 9.80. The summed E-state index contributed by atoms with van der Waals surface area (Å²) >= 11 is 1.46. The van der Waals surface area contributed by atoms with Gasteiger partial charge >= 0.3 is 0 Å². The Kier molecular flexibility index (Phi) is 5.68. The van der Waals surface area contributed by atoms with Gasteiger partial charge in [0.05, 0.1) is 22.2 Å². The lowest BCUT2D eigenvalue weighted by Gasteiger charge is -2.16. The second kappa shape index (κ2) is 8.54. The molecule has 29 heavy (non-hydrogen) atoms. The molecule has 5 nitrogen and oxygen atoms in total. The van der Waals surface area contributed by atoms with Crippen LogP contribution in [0.2, 0.25) is 0 Å². The predicted octanol–water partition coefficient (Wildman–Crippen LogP) is 4.74. The summed E-state index contributed by atoms with van der Waals surface area (Å²) < 4.78 is 2.20. The zero-order valence-corrected chi connectivity index (χ0v) is 17.1. The van der Waals surface area contributed by atoms with Crippen LogP contribution in [0.5, 0.6) is 0 Å². The molecule has 1 amide bonds. The van der Waals surface area contributed by atoms with Gasteiger partial charge in [0.25, 0.3) is 0 Å². The molecule has 1 aliphatic rings. The van der Waals surface area contributed by atoms with Crippen molar-refractivity contribution < 1.29 is 4.79 Å². The van der Waals surface area contributed by atoms with E-state index in [0.29, 0.717) is 11.3 Å². The average Bonchev–Trinajstić information content (AvgIpc) is 3.12. The maximum absolute atomic E-state index is 12.8. The van der Waals surface area contributed by atoms with Crippen molar-refractivity contribution in [2.75, 3.05) is 5.32 Å². The number of nitriles is 1. The Morgan fingerprint density at radius 2 is 1.86 bits per heavy atom. The maximum Gasteiger partial charge on any atom is 0.237 e. The minimum Gasteiger partial charge on any atom is -0.324 e. The molecule has 3 aromatic rings. The fourth-order valence-electron chi connectivity index (χ4n) is 3.57. The number of aromatic nitrogens is 2. The summed E-state index contributed by atoms with van der Waals surface area (Å²) in [6, 6.07) is 19.4. The van der Waals surface area contributed by atoms with Crippen LogP contribution in [0.3, 0.4) is 0 Å². The average molecular weight is 403 g/mol. The van der Waals surface area contributed by atoms with Gasteiger partial charge in [-0.05, 0) is 56.9 Å². The number of carbonyl (C=O) groups is 1. The second-order valence-corrected chi connectivity index (χ2v) is 8.38. The van der Waals surface area contributed by atoms with Crippen LogP contribution in [0, 0.1) is 11.3 Å². The van der Waals surface area contributed by atoms with Gasteiger partial charge < -0.3 is 5.32 Å². The van der Waals surface area contributed by atoms with E-state index in [0.717, 1.165) is 42.2 Å². The summed E-state index contributed by atoms with van der Waals surface area (Å²) in [5, 5.41) is 12.6. The Morgan fingerprint density at radius 3 is 2.66 bits per heavy atom. The lowest BCUT2D eigenvalue weighted by atomic mass is 10.0. The molecule has 2 aromatic carbocycles. The van der Waals surface area contributed by atoms with E-state index in [1.807, 2.05) is 31.2 Å². The first-order chi connectivity index (χ1) is 14.2. The number of benzene rings is 2. The standard InChI is InChI=1S/C23H22N4OS/c1-16(22(28)25-19-12-6-5-9-17(19)15-24)29-23-26-20-13-7-8-14-21(20)27(23)18-10-3-2-4-11-18/h2-6,9-12,16H,7-8,13-14H2,1H3,(H,25,28)/t16-/m1/s1. The number of rotatable bonds is 5. The molecule has 1 N–H and O–H groups in total. The molecule has 0 radical (unpaired) electrons. The lowest BCUT2D eigenvalue weighted by molar-refractivity contribution is -0.115. The minimum absolute atomic E-state index is 0.140. The van der Waals surface area contributed by atoms with Crippen molar-refractivity contribution in [3.8, 4) is 11.8 Å². The van der Waals surface area contributed by atoms with Crippen LogP contribution in [-0.2, 0) is 17.6 Å². The minimum atomic E-state index is -0.354. The van der Waals surface area contributed by atoms with E-state index in [1.54, 1.807) is 18.2 Å². The molecule has 1 heterocycles. The molecule has 1 aromatic heterocycles. The van der Waals surface area contributed by atoms with Gasteiger partial charge in [0.2, 0.25) is 5.91 Å². The normalized spacial score (nSPS) is 13.9. The van der Waals surface area contributed by atoms with E-state index in [4.69, 9.17) is 4.98 Å². The molecule has 0 unspecified atom stereocenters. The molecular weight excluding hydrogens is 380 g/mol. The van der Waals surface area contributed by atoms with Crippen LogP contribution in [0.25, 0.3) is 5.69 Å². The molecule has 0 fully saturated rings. The van der Waals surface area contributed by atoms with Crippen LogP contribution in [-0.4, -0.2) is 20.7 Å². The number of hydrogen-bond donors (Lipinski definition) is 1. The molecule has 4 rings (SSSR count). The Morgan fingerprint density at radius 1 is 1.14 bits per heavy atom. The SMILES string of the molecule is C[C@@H](Sc1nc2c(n1-c1ccccc1)CCCC2)C(=O)Nc1ccccc1C#N. The number of nitrogens with one attached hydrogen (secondary N) is 1. The number of nitrogens with zero attached hydrogens (tertiary/aromatic N) is 3. The second-order valence-electron chi connectivity index (χ2n) is 7.07. The highest BCUT2D eigenvalue weighted by molar-refractivity contribution is 8.00. The first-order valence-corrected chi connectivity index (χ1v) is 10.7. The quantitative estimate of drug-likeness (QED) is 0.626. The Bertz CT molecular complexity index is 1070. The summed E-state index contributed by atoms with van der Waals surface area (Å²) in [6.45, 7) is 1.87. The predicted molar refractivity (Wildman–Crippen MR) is 115 cm³/mol. The Balaban J connectivity index is 1.60. The first kappa shape index (κ1) is 19.3. The van der Waals surface area contributed by atoms with Crippen molar-refractivity contribution in [2.24, 2.45) is 0 Å². The summed E-state index contributed by atoms with van der Waals surface area (Å²) in [6.07, 6.45) is 4.31. The maximum atomic E-state index is 12.8. The molecule has 0 saturated carbocycles. The third-order valence-electron chi connectivity index (χ3n) is 5.07. The number of thioether (sulfide) groups is 1. The number of amides is 1. The summed E-state index contributed by atoms with van der Waals surface area (Å²) in [4.78, 5) is 17.7. The van der Waals surface area contributed by atoms with Crippen LogP contribution >= 0.6 is 11.8 Å². The van der Waals surface area contributed by atoms with Crippen molar-refractivity contribution in [1.29, 1.82) is 5.26 Å². The van der Waals surface area contributed by atoms with E-state index < -0.39 is 0 Å². The highest BCUT2D eigenvalue weighted by Crippen LogP contribution is 2.32. The van der Waals surface area contributed by atoms with E-state index >= 15 is 0 Å². The summed E-state index contributed by atoms with van der Waals surface area (Å²) in [5.41, 5.74) is 4.47. The molecule has 0 spiro atoms. The fourth-order valence-corrected chi connectivity index (χ4v) is 4.54. The monoisotopic (exact) mass is 402 g/mol. The number of anilines is 1. The van der Waals surface area contributed by atoms with Gasteiger partial charge in [0.15, 0.2) is 5.16 Å². The van der Waals surface area contributed by atoms with Crippen molar-refractivity contribution in [3.05, 3.63) is 71.5 Å². The number of aryl methyl sites for hydroxylation is 1. The molecule has 0 bridgehead atoms. The number of fused-ring (bicyclic) bond motifs is 1. The van der Waals surface area contributed by atoms with Crippen molar-refractivity contribution in [1.82, 2.24) is 9.55 Å². The van der Waals surface area contributed by atoms with Crippen LogP contribution in [0.1, 0.15) is 36.7 Å². The van der Waals surface area contributed by atoms with E-state index in [2.05, 4.69) is 28.1 Å². The smallest absolute Gasteiger partial charge is 0.237 e. The van der Waals surface area contributed by atoms with Gasteiger partial charge in [-0.25, -0.2) is 4.98 Å². The number of para-hydroxylation sites is 2. The van der Waals surface area contributed by atoms with E-state index in [-0.39, 0.29) is 11.2 Å². The van der Waals surface area contributed by atoms with Gasteiger partial charge in [-0.3, -0.25) is 9.36 Å². The molecule has 1 atom stereocenters. The molecule has 1 aliphatic carbocycles. The van der Waals surface area contributed by atoms with Gasteiger partial charge in [0.1, 0.15) is 6.07 Å². The fraction of sp³-hybridized carbons (Fsp3) is 0.261. The van der Waals surface area contributed by atoms with Crippen molar-refractivity contribution >= 4 is 23.4 Å². The lowest BCUT2D eigenvalue weighted by Crippen LogP contribution is -2.23. The highest BCUT2D eigenvalue weighted by Gasteiger charge is 2.25. The zero-order chi connectivity index (χ0) is 20.2. The molecular formula is C23H22N4OS. The summed E-state index contributed by atoms with van der Waals surface area (Å²) in [7, 11) is 0. The van der Waals surface area contributed by atoms with Gasteiger partial charge in [0, 0.05) is 11.4 Å². The van der Waals surface area contributed by atoms with Crippen LogP contribution in [0.4, 0.5) is 5.69 Å². The molecule has 6 heteroatoms. The number of carbonyl (C=O) groups excluding carboxylic acids is 1. The molecule has 0 saturated heterocycles. The van der Waals surface area contributed by atoms with Crippen molar-refractivity contribution in [2.45, 2.75) is 43.0 Å². The van der Waals surface area contributed by atoms with Crippen LogP contribution < -0.4 is 5.32 Å². The molecule has 146 valence electrons. The van der Waals surface area contributed by atoms with E-state index in [9.17, 15) is 10.1 Å².